The first-order chi connectivity index (χ1) is 10.2. The van der Waals surface area contributed by atoms with E-state index in [2.05, 4.69) is 19.6 Å². The maximum atomic E-state index is 8.94. The lowest BCUT2D eigenvalue weighted by Gasteiger charge is -2.02. The molecular formula is C14H44O5Si4. The van der Waals surface area contributed by atoms with Crippen molar-refractivity contribution in [3.05, 3.63) is 0 Å². The van der Waals surface area contributed by atoms with Gasteiger partial charge in [-0.05, 0) is 51.7 Å². The highest BCUT2D eigenvalue weighted by Gasteiger charge is 2.03. The van der Waals surface area contributed by atoms with Crippen molar-refractivity contribution in [2.45, 2.75) is 71.4 Å². The Hall–Kier alpha value is 0.668. The fourth-order valence-electron chi connectivity index (χ4n) is 0.647. The van der Waals surface area contributed by atoms with Crippen LogP contribution in [0, 0.1) is 0 Å². The molecule has 0 saturated heterocycles. The number of rotatable bonds is 6. The molecule has 4 N–H and O–H groups in total. The van der Waals surface area contributed by atoms with Gasteiger partial charge in [0.1, 0.15) is 0 Å². The molecule has 0 saturated carbocycles. The minimum Gasteiger partial charge on any atom is -0.435 e. The molecule has 0 bridgehead atoms. The van der Waals surface area contributed by atoms with E-state index in [1.54, 1.807) is 0 Å². The van der Waals surface area contributed by atoms with Crippen LogP contribution in [0.3, 0.4) is 0 Å². The predicted molar refractivity (Wildman–Crippen MR) is 114 cm³/mol. The summed E-state index contributed by atoms with van der Waals surface area (Å²) >= 11 is 0. The van der Waals surface area contributed by atoms with E-state index in [0.29, 0.717) is 13.2 Å². The van der Waals surface area contributed by atoms with E-state index < -0.39 is 26.4 Å². The Morgan fingerprint density at radius 1 is 0.870 bits per heavy atom. The molecule has 1 unspecified atom stereocenters. The van der Waals surface area contributed by atoms with Crippen molar-refractivity contribution in [3.63, 3.8) is 0 Å². The van der Waals surface area contributed by atoms with Crippen LogP contribution in [-0.2, 0) is 4.74 Å². The van der Waals surface area contributed by atoms with E-state index in [1.807, 2.05) is 39.3 Å². The second kappa shape index (κ2) is 22.7. The molecule has 1 atom stereocenters. The second-order valence-corrected chi connectivity index (χ2v) is 19.6. The van der Waals surface area contributed by atoms with Crippen LogP contribution >= 0.6 is 0 Å². The molecule has 146 valence electrons. The van der Waals surface area contributed by atoms with Crippen LogP contribution in [0.15, 0.2) is 0 Å². The van der Waals surface area contributed by atoms with Gasteiger partial charge in [0.05, 0.1) is 13.2 Å². The summed E-state index contributed by atoms with van der Waals surface area (Å²) in [7, 11) is -4.25. The third kappa shape index (κ3) is 165. The Labute approximate surface area is 150 Å². The lowest BCUT2D eigenvalue weighted by molar-refractivity contribution is 0.0925. The number of ether oxygens (including phenoxy) is 1. The summed E-state index contributed by atoms with van der Waals surface area (Å²) in [6, 6.07) is 0.908. The van der Waals surface area contributed by atoms with Crippen LogP contribution < -0.4 is 0 Å². The molecule has 5 nitrogen and oxygen atoms in total. The van der Waals surface area contributed by atoms with Gasteiger partial charge in [-0.2, -0.15) is 0 Å². The molecule has 23 heavy (non-hydrogen) atoms. The second-order valence-electron chi connectivity index (χ2n) is 7.32. The fraction of sp³-hybridized carbons (Fsp3) is 1.00. The molecular weight excluding hydrogens is 360 g/mol. The fourth-order valence-corrected chi connectivity index (χ4v) is 1.40. The Balaban J connectivity index is -0.000000117. The van der Waals surface area contributed by atoms with Gasteiger partial charge in [-0.1, -0.05) is 19.6 Å². The highest BCUT2D eigenvalue weighted by molar-refractivity contribution is 6.68. The van der Waals surface area contributed by atoms with Crippen molar-refractivity contribution in [2.24, 2.45) is 0 Å². The van der Waals surface area contributed by atoms with Crippen LogP contribution in [0.4, 0.5) is 0 Å². The van der Waals surface area contributed by atoms with Crippen LogP contribution in [0.1, 0.15) is 6.42 Å². The highest BCUT2D eigenvalue weighted by Crippen LogP contribution is 1.94. The summed E-state index contributed by atoms with van der Waals surface area (Å²) in [4.78, 5) is 25.8. The predicted octanol–water partition coefficient (Wildman–Crippen LogP) is 1.61. The van der Waals surface area contributed by atoms with Gasteiger partial charge < -0.3 is 24.2 Å². The maximum absolute atomic E-state index is 8.94. The summed E-state index contributed by atoms with van der Waals surface area (Å²) in [5.41, 5.74) is 0. The molecule has 0 aromatic rings. The molecule has 0 aliphatic carbocycles. The van der Waals surface area contributed by atoms with Gasteiger partial charge in [0, 0.05) is 15.4 Å². The van der Waals surface area contributed by atoms with Crippen LogP contribution in [-0.4, -0.2) is 74.5 Å². The zero-order valence-electron chi connectivity index (χ0n) is 17.0. The smallest absolute Gasteiger partial charge is 0.179 e. The zero-order valence-corrected chi connectivity index (χ0v) is 21.4. The number of aliphatic hydroxyl groups excluding tert-OH is 1. The first-order valence-electron chi connectivity index (χ1n) is 8.51. The monoisotopic (exact) mass is 404 g/mol. The van der Waals surface area contributed by atoms with Crippen molar-refractivity contribution < 1.29 is 24.2 Å². The normalized spacial score (nSPS) is 11.6. The molecule has 0 aliphatic rings. The SMILES string of the molecule is C[SiH](C)C.C[SiH](C)O.C[SiH](O)CCCOCCO.C[Si](C)(C)O. The minimum absolute atomic E-state index is 0.0894. The van der Waals surface area contributed by atoms with Crippen LogP contribution in [0.25, 0.3) is 0 Å². The lowest BCUT2D eigenvalue weighted by atomic mass is 10.5. The number of hydrogen-bond acceptors (Lipinski definition) is 5. The molecule has 0 aromatic heterocycles. The summed E-state index contributed by atoms with van der Waals surface area (Å²) in [6.07, 6.45) is 0.921. The van der Waals surface area contributed by atoms with Gasteiger partial charge in [0.25, 0.3) is 0 Å². The first kappa shape index (κ1) is 31.4. The summed E-state index contributed by atoms with van der Waals surface area (Å²) < 4.78 is 4.99. The summed E-state index contributed by atoms with van der Waals surface area (Å²) in [5.74, 6) is 0. The first-order valence-corrected chi connectivity index (χ1v) is 20.7. The Morgan fingerprint density at radius 2 is 1.17 bits per heavy atom. The van der Waals surface area contributed by atoms with E-state index >= 15 is 0 Å². The largest absolute Gasteiger partial charge is 0.435 e. The molecule has 0 spiro atoms. The van der Waals surface area contributed by atoms with E-state index in [1.165, 1.54) is 0 Å². The van der Waals surface area contributed by atoms with E-state index in [0.717, 1.165) is 12.5 Å². The van der Waals surface area contributed by atoms with Gasteiger partial charge in [0.15, 0.2) is 26.4 Å². The zero-order chi connectivity index (χ0) is 19.5. The van der Waals surface area contributed by atoms with Crippen LogP contribution in [0.2, 0.25) is 65.0 Å². The van der Waals surface area contributed by atoms with Crippen molar-refractivity contribution >= 4 is 35.2 Å². The lowest BCUT2D eigenvalue weighted by Crippen LogP contribution is -2.17. The molecule has 0 rings (SSSR count). The number of hydrogen-bond donors (Lipinski definition) is 4. The van der Waals surface area contributed by atoms with E-state index in [9.17, 15) is 0 Å². The van der Waals surface area contributed by atoms with Gasteiger partial charge in [-0.15, -0.1) is 0 Å². The molecule has 0 radical (unpaired) electrons. The molecule has 0 amide bonds. The third-order valence-corrected chi connectivity index (χ3v) is 2.39. The average Bonchev–Trinajstić information content (AvgIpc) is 2.24. The summed E-state index contributed by atoms with van der Waals surface area (Å²) in [5, 5.41) is 8.31. The minimum atomic E-state index is -1.61. The molecule has 9 heteroatoms. The molecule has 0 fully saturated rings. The van der Waals surface area contributed by atoms with Crippen molar-refractivity contribution in [2.75, 3.05) is 19.8 Å². The highest BCUT2D eigenvalue weighted by atomic mass is 28.4. The summed E-state index contributed by atoms with van der Waals surface area (Å²) in [6.45, 7) is 19.4. The van der Waals surface area contributed by atoms with Gasteiger partial charge >= 0.3 is 0 Å². The Bertz CT molecular complexity index is 183. The van der Waals surface area contributed by atoms with E-state index in [-0.39, 0.29) is 15.4 Å². The quantitative estimate of drug-likeness (QED) is 0.399. The van der Waals surface area contributed by atoms with Gasteiger partial charge in [-0.3, -0.25) is 0 Å². The molecule has 0 heterocycles. The number of aliphatic hydroxyl groups is 1. The standard InChI is InChI=1S/C6H16O3Si.C3H10OSi.C3H10Si.C2H8OSi/c1-10(8)6-2-4-9-5-3-7;1-5(2,3)4;2*1-4(2)3/h7-8,10H,2-6H2,1H3;4H,1-3H3;4H,1-3H3;3-4H,1-2H3. The van der Waals surface area contributed by atoms with Crippen molar-refractivity contribution in [1.29, 1.82) is 0 Å². The van der Waals surface area contributed by atoms with Gasteiger partial charge in [-0.25, -0.2) is 0 Å². The Kier molecular flexibility index (Phi) is 31.0. The van der Waals surface area contributed by atoms with Crippen molar-refractivity contribution in [3.8, 4) is 0 Å². The van der Waals surface area contributed by atoms with Crippen molar-refractivity contribution in [1.82, 2.24) is 0 Å². The third-order valence-electron chi connectivity index (χ3n) is 1.15. The van der Waals surface area contributed by atoms with E-state index in [4.69, 9.17) is 24.2 Å². The van der Waals surface area contributed by atoms with Gasteiger partial charge in [0.2, 0.25) is 0 Å². The molecule has 0 aromatic carbocycles. The Morgan fingerprint density at radius 3 is 1.39 bits per heavy atom. The average molecular weight is 405 g/mol. The van der Waals surface area contributed by atoms with Crippen LogP contribution in [0.5, 0.6) is 0 Å². The molecule has 0 aliphatic heterocycles. The topological polar surface area (TPSA) is 90.2 Å². The maximum Gasteiger partial charge on any atom is 0.179 e.